The van der Waals surface area contributed by atoms with Crippen LogP contribution in [0, 0.1) is 5.92 Å². The molecule has 146 valence electrons. The summed E-state index contributed by atoms with van der Waals surface area (Å²) in [5.74, 6) is 1.12. The lowest BCUT2D eigenvalue weighted by atomic mass is 10.1. The van der Waals surface area contributed by atoms with Crippen molar-refractivity contribution in [2.75, 3.05) is 39.3 Å². The highest BCUT2D eigenvalue weighted by molar-refractivity contribution is 5.89. The summed E-state index contributed by atoms with van der Waals surface area (Å²) in [4.78, 5) is 31.2. The second kappa shape index (κ2) is 7.89. The minimum Gasteiger partial charge on any atom is -0.494 e. The molecule has 0 spiro atoms. The lowest BCUT2D eigenvalue weighted by Crippen LogP contribution is -2.50. The fourth-order valence-corrected chi connectivity index (χ4v) is 4.14. The number of carbonyl (C=O) groups is 2. The Hall–Kier alpha value is -2.08. The second-order valence-corrected chi connectivity index (χ2v) is 7.86. The van der Waals surface area contributed by atoms with Crippen molar-refractivity contribution in [3.8, 4) is 5.75 Å². The Kier molecular flexibility index (Phi) is 5.34. The number of nitrogens with zero attached hydrogens (tertiary/aromatic N) is 3. The average Bonchev–Trinajstić information content (AvgIpc) is 3.45. The minimum absolute atomic E-state index is 0.129. The molecule has 0 radical (unpaired) electrons. The Bertz CT molecular complexity index is 678. The highest BCUT2D eigenvalue weighted by Gasteiger charge is 2.43. The van der Waals surface area contributed by atoms with E-state index in [9.17, 15) is 9.59 Å². The standard InChI is InChI=1S/C21H29N3O3/c1-2-27-19-7-3-16(4-8-19)14-22-9-11-23(12-10-22)21(26)17-13-20(25)24(15-17)18-5-6-18/h3-4,7-8,17-18H,2,5-6,9-15H2,1H3/t17-/m1/s1. The topological polar surface area (TPSA) is 53.1 Å². The predicted molar refractivity (Wildman–Crippen MR) is 102 cm³/mol. The maximum atomic E-state index is 12.8. The van der Waals surface area contributed by atoms with Crippen LogP contribution in [-0.4, -0.2) is 71.9 Å². The van der Waals surface area contributed by atoms with E-state index in [1.807, 2.05) is 28.9 Å². The van der Waals surface area contributed by atoms with E-state index in [4.69, 9.17) is 4.74 Å². The molecule has 6 nitrogen and oxygen atoms in total. The van der Waals surface area contributed by atoms with Gasteiger partial charge in [-0.25, -0.2) is 0 Å². The predicted octanol–water partition coefficient (Wildman–Crippen LogP) is 1.74. The monoisotopic (exact) mass is 371 g/mol. The fraction of sp³-hybridized carbons (Fsp3) is 0.619. The molecular weight excluding hydrogens is 342 g/mol. The first-order valence-corrected chi connectivity index (χ1v) is 10.2. The van der Waals surface area contributed by atoms with Crippen molar-refractivity contribution < 1.29 is 14.3 Å². The Morgan fingerprint density at radius 3 is 2.44 bits per heavy atom. The van der Waals surface area contributed by atoms with Crippen LogP contribution >= 0.6 is 0 Å². The molecule has 2 saturated heterocycles. The maximum absolute atomic E-state index is 12.8. The third-order valence-electron chi connectivity index (χ3n) is 5.82. The number of rotatable bonds is 6. The van der Waals surface area contributed by atoms with E-state index in [-0.39, 0.29) is 17.7 Å². The summed E-state index contributed by atoms with van der Waals surface area (Å²) < 4.78 is 5.49. The van der Waals surface area contributed by atoms with Crippen LogP contribution < -0.4 is 4.74 Å². The lowest BCUT2D eigenvalue weighted by Gasteiger charge is -2.36. The Morgan fingerprint density at radius 2 is 1.81 bits per heavy atom. The van der Waals surface area contributed by atoms with Gasteiger partial charge < -0.3 is 14.5 Å². The number of ether oxygens (including phenoxy) is 1. The van der Waals surface area contributed by atoms with Crippen molar-refractivity contribution in [2.45, 2.75) is 38.8 Å². The Labute approximate surface area is 161 Å². The van der Waals surface area contributed by atoms with Gasteiger partial charge in [0.25, 0.3) is 0 Å². The number of hydrogen-bond donors (Lipinski definition) is 0. The van der Waals surface area contributed by atoms with E-state index in [0.29, 0.717) is 25.6 Å². The summed E-state index contributed by atoms with van der Waals surface area (Å²) in [6, 6.07) is 8.67. The van der Waals surface area contributed by atoms with Crippen LogP contribution in [0.4, 0.5) is 0 Å². The van der Waals surface area contributed by atoms with Gasteiger partial charge in [0.1, 0.15) is 5.75 Å². The molecule has 27 heavy (non-hydrogen) atoms. The van der Waals surface area contributed by atoms with E-state index in [2.05, 4.69) is 17.0 Å². The molecule has 0 bridgehead atoms. The molecule has 1 aromatic carbocycles. The lowest BCUT2D eigenvalue weighted by molar-refractivity contribution is -0.137. The quantitative estimate of drug-likeness (QED) is 0.764. The van der Waals surface area contributed by atoms with E-state index < -0.39 is 0 Å². The Balaban J connectivity index is 1.25. The van der Waals surface area contributed by atoms with Gasteiger partial charge in [-0.3, -0.25) is 14.5 Å². The number of benzene rings is 1. The van der Waals surface area contributed by atoms with Crippen molar-refractivity contribution >= 4 is 11.8 Å². The van der Waals surface area contributed by atoms with Crippen LogP contribution in [0.3, 0.4) is 0 Å². The van der Waals surface area contributed by atoms with Crippen LogP contribution in [-0.2, 0) is 16.1 Å². The van der Waals surface area contributed by atoms with Gasteiger partial charge in [0.2, 0.25) is 11.8 Å². The SMILES string of the molecule is CCOc1ccc(CN2CCN(C(=O)[C@@H]3CC(=O)N(C4CC4)C3)CC2)cc1. The smallest absolute Gasteiger partial charge is 0.228 e. The zero-order chi connectivity index (χ0) is 18.8. The van der Waals surface area contributed by atoms with Gasteiger partial charge in [-0.05, 0) is 37.5 Å². The van der Waals surface area contributed by atoms with Crippen LogP contribution in [0.5, 0.6) is 5.75 Å². The molecule has 1 saturated carbocycles. The van der Waals surface area contributed by atoms with Gasteiger partial charge in [0.05, 0.1) is 12.5 Å². The van der Waals surface area contributed by atoms with E-state index in [1.165, 1.54) is 5.56 Å². The van der Waals surface area contributed by atoms with E-state index in [1.54, 1.807) is 0 Å². The first-order valence-electron chi connectivity index (χ1n) is 10.2. The highest BCUT2D eigenvalue weighted by atomic mass is 16.5. The molecule has 2 amide bonds. The van der Waals surface area contributed by atoms with Gasteiger partial charge in [-0.15, -0.1) is 0 Å². The maximum Gasteiger partial charge on any atom is 0.228 e. The molecule has 4 rings (SSSR count). The number of likely N-dealkylation sites (tertiary alicyclic amines) is 1. The molecule has 1 aliphatic carbocycles. The zero-order valence-corrected chi connectivity index (χ0v) is 16.1. The number of amides is 2. The first kappa shape index (κ1) is 18.3. The second-order valence-electron chi connectivity index (χ2n) is 7.86. The molecule has 3 aliphatic rings. The first-order chi connectivity index (χ1) is 13.1. The highest BCUT2D eigenvalue weighted by Crippen LogP contribution is 2.33. The summed E-state index contributed by atoms with van der Waals surface area (Å²) in [6.07, 6.45) is 2.62. The van der Waals surface area contributed by atoms with Crippen molar-refractivity contribution in [3.63, 3.8) is 0 Å². The molecule has 0 aromatic heterocycles. The molecular formula is C21H29N3O3. The zero-order valence-electron chi connectivity index (χ0n) is 16.1. The molecule has 2 aliphatic heterocycles. The average molecular weight is 371 g/mol. The number of piperazine rings is 1. The van der Waals surface area contributed by atoms with Crippen molar-refractivity contribution in [3.05, 3.63) is 29.8 Å². The molecule has 1 atom stereocenters. The van der Waals surface area contributed by atoms with Crippen molar-refractivity contribution in [1.29, 1.82) is 0 Å². The molecule has 6 heteroatoms. The van der Waals surface area contributed by atoms with Gasteiger partial charge in [0, 0.05) is 51.7 Å². The van der Waals surface area contributed by atoms with Crippen LogP contribution in [0.2, 0.25) is 0 Å². The molecule has 0 unspecified atom stereocenters. The Morgan fingerprint density at radius 1 is 1.11 bits per heavy atom. The van der Waals surface area contributed by atoms with Crippen LogP contribution in [0.1, 0.15) is 31.7 Å². The molecule has 0 N–H and O–H groups in total. The number of hydrogen-bond acceptors (Lipinski definition) is 4. The van der Waals surface area contributed by atoms with Crippen molar-refractivity contribution in [2.24, 2.45) is 5.92 Å². The normalized spacial score (nSPS) is 23.7. The van der Waals surface area contributed by atoms with Crippen LogP contribution in [0.15, 0.2) is 24.3 Å². The largest absolute Gasteiger partial charge is 0.494 e. The summed E-state index contributed by atoms with van der Waals surface area (Å²) in [5.41, 5.74) is 1.26. The van der Waals surface area contributed by atoms with E-state index >= 15 is 0 Å². The van der Waals surface area contributed by atoms with Crippen molar-refractivity contribution in [1.82, 2.24) is 14.7 Å². The van der Waals surface area contributed by atoms with Crippen LogP contribution in [0.25, 0.3) is 0 Å². The molecule has 3 fully saturated rings. The number of carbonyl (C=O) groups excluding carboxylic acids is 2. The third kappa shape index (κ3) is 4.26. The van der Waals surface area contributed by atoms with E-state index in [0.717, 1.165) is 51.3 Å². The molecule has 2 heterocycles. The summed E-state index contributed by atoms with van der Waals surface area (Å²) in [5, 5.41) is 0. The van der Waals surface area contributed by atoms with Gasteiger partial charge in [0.15, 0.2) is 0 Å². The summed E-state index contributed by atoms with van der Waals surface area (Å²) in [6.45, 7) is 7.46. The van der Waals surface area contributed by atoms with Gasteiger partial charge in [-0.2, -0.15) is 0 Å². The van der Waals surface area contributed by atoms with Gasteiger partial charge >= 0.3 is 0 Å². The van der Waals surface area contributed by atoms with Gasteiger partial charge in [-0.1, -0.05) is 12.1 Å². The summed E-state index contributed by atoms with van der Waals surface area (Å²) >= 11 is 0. The summed E-state index contributed by atoms with van der Waals surface area (Å²) in [7, 11) is 0. The fourth-order valence-electron chi connectivity index (χ4n) is 4.14. The third-order valence-corrected chi connectivity index (χ3v) is 5.82. The minimum atomic E-state index is -0.129. The molecule has 1 aromatic rings.